The molecule has 0 unspecified atom stereocenters. The van der Waals surface area contributed by atoms with Gasteiger partial charge in [0, 0.05) is 11.4 Å². The van der Waals surface area contributed by atoms with Gasteiger partial charge in [0.2, 0.25) is 0 Å². The van der Waals surface area contributed by atoms with Crippen LogP contribution in [0.1, 0.15) is 5.56 Å². The summed E-state index contributed by atoms with van der Waals surface area (Å²) in [4.78, 5) is 5.34. The molecule has 0 atom stereocenters. The number of rotatable bonds is 6. The van der Waals surface area contributed by atoms with Crippen LogP contribution >= 0.6 is 23.4 Å². The van der Waals surface area contributed by atoms with Crippen LogP contribution in [-0.4, -0.2) is 25.5 Å². The van der Waals surface area contributed by atoms with Gasteiger partial charge in [-0.1, -0.05) is 17.7 Å². The van der Waals surface area contributed by atoms with Gasteiger partial charge in [0.05, 0.1) is 14.2 Å². The van der Waals surface area contributed by atoms with Crippen molar-refractivity contribution in [3.05, 3.63) is 41.0 Å². The highest BCUT2D eigenvalue weighted by atomic mass is 35.5. The molecule has 2 aromatic rings. The largest absolute Gasteiger partial charge is 0.493 e. The molecule has 0 aliphatic heterocycles. The molecule has 0 bridgehead atoms. The van der Waals surface area contributed by atoms with E-state index in [4.69, 9.17) is 21.1 Å². The Hall–Kier alpha value is -1.59. The number of anilines is 1. The fourth-order valence-electron chi connectivity index (χ4n) is 1.92. The minimum atomic E-state index is 0.470. The lowest BCUT2D eigenvalue weighted by atomic mass is 10.2. The summed E-state index contributed by atoms with van der Waals surface area (Å²) in [5.74, 6) is 2.18. The summed E-state index contributed by atoms with van der Waals surface area (Å²) < 4.78 is 10.7. The Morgan fingerprint density at radius 2 is 1.90 bits per heavy atom. The third kappa shape index (κ3) is 3.95. The number of nitrogens with zero attached hydrogens (tertiary/aromatic N) is 1. The zero-order valence-corrected chi connectivity index (χ0v) is 13.7. The van der Waals surface area contributed by atoms with Gasteiger partial charge in [-0.3, -0.25) is 0 Å². The van der Waals surface area contributed by atoms with Gasteiger partial charge in [0.15, 0.2) is 11.5 Å². The lowest BCUT2D eigenvalue weighted by Crippen LogP contribution is -2.03. The SMILES string of the molecule is COc1cc(CNc2cccc(Cl)n2)c(SC)cc1OC. The standard InChI is InChI=1S/C15H17ClN2O2S/c1-19-11-7-10(13(21-3)8-12(11)20-2)9-17-15-6-4-5-14(16)18-15/h4-8H,9H2,1-3H3,(H,17,18). The van der Waals surface area contributed by atoms with E-state index in [0.29, 0.717) is 17.4 Å². The molecule has 1 aromatic carbocycles. The van der Waals surface area contributed by atoms with E-state index in [0.717, 1.165) is 22.0 Å². The van der Waals surface area contributed by atoms with Crippen molar-refractivity contribution in [3.8, 4) is 11.5 Å². The number of aromatic nitrogens is 1. The fourth-order valence-corrected chi connectivity index (χ4v) is 2.71. The highest BCUT2D eigenvalue weighted by molar-refractivity contribution is 7.98. The van der Waals surface area contributed by atoms with Crippen LogP contribution in [0.5, 0.6) is 11.5 Å². The van der Waals surface area contributed by atoms with Crippen molar-refractivity contribution in [1.29, 1.82) is 0 Å². The van der Waals surface area contributed by atoms with Gasteiger partial charge in [0.1, 0.15) is 11.0 Å². The maximum atomic E-state index is 5.88. The topological polar surface area (TPSA) is 43.4 Å². The van der Waals surface area contributed by atoms with E-state index in [9.17, 15) is 0 Å². The first kappa shape index (κ1) is 15.8. The van der Waals surface area contributed by atoms with E-state index >= 15 is 0 Å². The smallest absolute Gasteiger partial charge is 0.161 e. The van der Waals surface area contributed by atoms with Crippen LogP contribution in [0.25, 0.3) is 0 Å². The molecule has 21 heavy (non-hydrogen) atoms. The van der Waals surface area contributed by atoms with Crippen molar-refractivity contribution in [2.75, 3.05) is 25.8 Å². The van der Waals surface area contributed by atoms with Crippen molar-refractivity contribution < 1.29 is 9.47 Å². The third-order valence-electron chi connectivity index (χ3n) is 2.96. The van der Waals surface area contributed by atoms with E-state index in [1.54, 1.807) is 32.0 Å². The Kier molecular flexibility index (Phi) is 5.59. The van der Waals surface area contributed by atoms with Crippen molar-refractivity contribution >= 4 is 29.2 Å². The summed E-state index contributed by atoms with van der Waals surface area (Å²) in [6.45, 7) is 0.629. The minimum Gasteiger partial charge on any atom is -0.493 e. The molecule has 0 amide bonds. The number of halogens is 1. The van der Waals surface area contributed by atoms with Gasteiger partial charge in [0.25, 0.3) is 0 Å². The van der Waals surface area contributed by atoms with Gasteiger partial charge in [-0.05, 0) is 36.1 Å². The van der Waals surface area contributed by atoms with Crippen LogP contribution in [0.4, 0.5) is 5.82 Å². The maximum absolute atomic E-state index is 5.88. The normalized spacial score (nSPS) is 10.3. The molecular formula is C15H17ClN2O2S. The lowest BCUT2D eigenvalue weighted by Gasteiger charge is -2.14. The van der Waals surface area contributed by atoms with Crippen LogP contribution in [0.2, 0.25) is 5.15 Å². The third-order valence-corrected chi connectivity index (χ3v) is 3.99. The van der Waals surface area contributed by atoms with Crippen molar-refractivity contribution in [3.63, 3.8) is 0 Å². The second-order valence-corrected chi connectivity index (χ2v) is 5.45. The molecule has 0 spiro atoms. The minimum absolute atomic E-state index is 0.470. The van der Waals surface area contributed by atoms with Crippen molar-refractivity contribution in [2.24, 2.45) is 0 Å². The zero-order chi connectivity index (χ0) is 15.2. The first-order valence-electron chi connectivity index (χ1n) is 6.33. The summed E-state index contributed by atoms with van der Waals surface area (Å²) in [6.07, 6.45) is 2.03. The number of pyridine rings is 1. The number of nitrogens with one attached hydrogen (secondary N) is 1. The molecule has 0 saturated heterocycles. The number of benzene rings is 1. The molecule has 0 aliphatic rings. The summed E-state index contributed by atoms with van der Waals surface area (Å²) >= 11 is 7.54. The van der Waals surface area contributed by atoms with Gasteiger partial charge in [-0.15, -0.1) is 11.8 Å². The Balaban J connectivity index is 2.22. The van der Waals surface area contributed by atoms with E-state index in [-0.39, 0.29) is 0 Å². The lowest BCUT2D eigenvalue weighted by molar-refractivity contribution is 0.353. The number of hydrogen-bond acceptors (Lipinski definition) is 5. The van der Waals surface area contributed by atoms with Crippen LogP contribution in [0.3, 0.4) is 0 Å². The van der Waals surface area contributed by atoms with E-state index in [1.807, 2.05) is 30.5 Å². The Morgan fingerprint density at radius 3 is 2.52 bits per heavy atom. The molecule has 0 radical (unpaired) electrons. The zero-order valence-electron chi connectivity index (χ0n) is 12.1. The Morgan fingerprint density at radius 1 is 1.19 bits per heavy atom. The highest BCUT2D eigenvalue weighted by Crippen LogP contribution is 2.34. The summed E-state index contributed by atoms with van der Waals surface area (Å²) in [5, 5.41) is 3.73. The molecule has 0 aliphatic carbocycles. The molecule has 0 fully saturated rings. The van der Waals surface area contributed by atoms with Gasteiger partial charge >= 0.3 is 0 Å². The van der Waals surface area contributed by atoms with Crippen LogP contribution in [0, 0.1) is 0 Å². The Labute approximate surface area is 133 Å². The molecule has 6 heteroatoms. The second-order valence-electron chi connectivity index (χ2n) is 4.22. The average molecular weight is 325 g/mol. The summed E-state index contributed by atoms with van der Waals surface area (Å²) in [7, 11) is 3.27. The van der Waals surface area contributed by atoms with Gasteiger partial charge in [-0.25, -0.2) is 4.98 Å². The molecule has 4 nitrogen and oxygen atoms in total. The van der Waals surface area contributed by atoms with Crippen molar-refractivity contribution in [1.82, 2.24) is 4.98 Å². The van der Waals surface area contributed by atoms with Gasteiger partial charge < -0.3 is 14.8 Å². The second kappa shape index (κ2) is 7.43. The molecule has 1 aromatic heterocycles. The predicted octanol–water partition coefficient (Wildman–Crippen LogP) is 4.09. The number of thioether (sulfide) groups is 1. The summed E-state index contributed by atoms with van der Waals surface area (Å²) in [5.41, 5.74) is 1.11. The van der Waals surface area contributed by atoms with Crippen LogP contribution < -0.4 is 14.8 Å². The molecule has 112 valence electrons. The van der Waals surface area contributed by atoms with E-state index < -0.39 is 0 Å². The van der Waals surface area contributed by atoms with E-state index in [1.165, 1.54) is 0 Å². The Bertz CT molecular complexity index is 623. The van der Waals surface area contributed by atoms with Gasteiger partial charge in [-0.2, -0.15) is 0 Å². The fraction of sp³-hybridized carbons (Fsp3) is 0.267. The number of hydrogen-bond donors (Lipinski definition) is 1. The molecule has 1 heterocycles. The van der Waals surface area contributed by atoms with Crippen molar-refractivity contribution in [2.45, 2.75) is 11.4 Å². The highest BCUT2D eigenvalue weighted by Gasteiger charge is 2.10. The maximum Gasteiger partial charge on any atom is 0.161 e. The average Bonchev–Trinajstić information content (AvgIpc) is 2.52. The molecular weight excluding hydrogens is 308 g/mol. The van der Waals surface area contributed by atoms with Crippen LogP contribution in [-0.2, 0) is 6.54 Å². The summed E-state index contributed by atoms with van der Waals surface area (Å²) in [6, 6.07) is 9.44. The quantitative estimate of drug-likeness (QED) is 0.640. The number of methoxy groups -OCH3 is 2. The monoisotopic (exact) mass is 324 g/mol. The first-order chi connectivity index (χ1) is 10.2. The van der Waals surface area contributed by atoms with E-state index in [2.05, 4.69) is 10.3 Å². The van der Waals surface area contributed by atoms with Crippen LogP contribution in [0.15, 0.2) is 35.2 Å². The predicted molar refractivity (Wildman–Crippen MR) is 87.9 cm³/mol. The number of ether oxygens (including phenoxy) is 2. The molecule has 2 rings (SSSR count). The molecule has 0 saturated carbocycles. The first-order valence-corrected chi connectivity index (χ1v) is 7.93. The molecule has 1 N–H and O–H groups in total.